The Kier molecular flexibility index (Phi) is 5.42. The molecule has 1 aliphatic heterocycles. The van der Waals surface area contributed by atoms with Gasteiger partial charge in [0.25, 0.3) is 0 Å². The van der Waals surface area contributed by atoms with Crippen LogP contribution in [0.25, 0.3) is 17.2 Å². The third kappa shape index (κ3) is 3.64. The molecule has 1 aliphatic rings. The van der Waals surface area contributed by atoms with Crippen LogP contribution >= 0.6 is 0 Å². The number of amides is 1. The van der Waals surface area contributed by atoms with E-state index in [1.165, 1.54) is 13.0 Å². The lowest BCUT2D eigenvalue weighted by molar-refractivity contribution is -0.137. The quantitative estimate of drug-likeness (QED) is 0.426. The third-order valence-corrected chi connectivity index (χ3v) is 6.47. The molecule has 5 rings (SSSR count). The van der Waals surface area contributed by atoms with Crippen LogP contribution in [-0.4, -0.2) is 35.2 Å². The van der Waals surface area contributed by atoms with Gasteiger partial charge in [-0.25, -0.2) is 19.9 Å². The van der Waals surface area contributed by atoms with Crippen molar-refractivity contribution in [3.05, 3.63) is 58.9 Å². The molecule has 3 N–H and O–H groups in total. The Morgan fingerprint density at radius 1 is 1.14 bits per heavy atom. The van der Waals surface area contributed by atoms with E-state index in [1.54, 1.807) is 12.4 Å². The van der Waals surface area contributed by atoms with Gasteiger partial charge in [-0.1, -0.05) is 13.3 Å². The third-order valence-electron chi connectivity index (χ3n) is 6.47. The standard InChI is InChI=1S/C24H23F3N8O/c1-4-5-6-14-21-30-9-12(2)35(21)11-15(31-14)19-32-18(28)17-20(33-19)34-22(36)23(17,3)16-8-7-13(10-29-16)24(25,26)27/h7-11H,4-6H2,1-3H3,(H3,28,32,33,34,36). The molecule has 36 heavy (non-hydrogen) atoms. The Labute approximate surface area is 204 Å². The number of nitrogens with zero attached hydrogens (tertiary/aromatic N) is 6. The molecular formula is C24H23F3N8O. The second-order valence-electron chi connectivity index (χ2n) is 8.93. The van der Waals surface area contributed by atoms with Crippen molar-refractivity contribution in [2.24, 2.45) is 0 Å². The molecule has 12 heteroatoms. The number of aryl methyl sites for hydroxylation is 2. The van der Waals surface area contributed by atoms with E-state index >= 15 is 0 Å². The highest BCUT2D eigenvalue weighted by atomic mass is 19.4. The molecule has 0 bridgehead atoms. The first-order valence-electron chi connectivity index (χ1n) is 11.4. The highest BCUT2D eigenvalue weighted by Gasteiger charge is 2.49. The number of unbranched alkanes of at least 4 members (excludes halogenated alkanes) is 1. The molecule has 0 fully saturated rings. The maximum atomic E-state index is 13.1. The molecule has 0 saturated heterocycles. The lowest BCUT2D eigenvalue weighted by Gasteiger charge is -2.22. The number of rotatable bonds is 5. The molecule has 1 atom stereocenters. The summed E-state index contributed by atoms with van der Waals surface area (Å²) >= 11 is 0. The van der Waals surface area contributed by atoms with Gasteiger partial charge in [0.05, 0.1) is 22.5 Å². The average Bonchev–Trinajstić information content (AvgIpc) is 3.34. The van der Waals surface area contributed by atoms with Gasteiger partial charge < -0.3 is 15.5 Å². The molecule has 4 aromatic rings. The molecule has 9 nitrogen and oxygen atoms in total. The lowest BCUT2D eigenvalue weighted by Crippen LogP contribution is -2.34. The normalized spacial score (nSPS) is 17.4. The number of hydrogen-bond acceptors (Lipinski definition) is 7. The first-order valence-corrected chi connectivity index (χ1v) is 11.4. The van der Waals surface area contributed by atoms with Crippen LogP contribution in [0.1, 0.15) is 54.9 Å². The van der Waals surface area contributed by atoms with Gasteiger partial charge in [-0.15, -0.1) is 0 Å². The number of fused-ring (bicyclic) bond motifs is 2. The number of carbonyl (C=O) groups excluding carboxylic acids is 1. The van der Waals surface area contributed by atoms with Crippen LogP contribution < -0.4 is 11.1 Å². The van der Waals surface area contributed by atoms with Gasteiger partial charge in [0.2, 0.25) is 5.91 Å². The van der Waals surface area contributed by atoms with Crippen LogP contribution in [0, 0.1) is 6.92 Å². The predicted octanol–water partition coefficient (Wildman–Crippen LogP) is 4.09. The number of nitrogens with one attached hydrogen (secondary N) is 1. The number of anilines is 2. The van der Waals surface area contributed by atoms with Crippen molar-refractivity contribution in [1.82, 2.24) is 29.3 Å². The molecule has 0 radical (unpaired) electrons. The molecule has 0 saturated carbocycles. The Balaban J connectivity index is 1.61. The zero-order valence-corrected chi connectivity index (χ0v) is 19.8. The largest absolute Gasteiger partial charge is 0.417 e. The van der Waals surface area contributed by atoms with E-state index in [1.807, 2.05) is 11.3 Å². The lowest BCUT2D eigenvalue weighted by atomic mass is 9.80. The van der Waals surface area contributed by atoms with Crippen LogP contribution in [0.2, 0.25) is 0 Å². The number of nitrogens with two attached hydrogens (primary N) is 1. The van der Waals surface area contributed by atoms with Crippen LogP contribution in [-0.2, 0) is 22.8 Å². The number of hydrogen-bond donors (Lipinski definition) is 2. The fourth-order valence-corrected chi connectivity index (χ4v) is 4.41. The van der Waals surface area contributed by atoms with E-state index < -0.39 is 23.1 Å². The number of alkyl halides is 3. The Hall–Kier alpha value is -4.09. The summed E-state index contributed by atoms with van der Waals surface area (Å²) < 4.78 is 40.9. The minimum absolute atomic E-state index is 0.0110. The Morgan fingerprint density at radius 3 is 2.58 bits per heavy atom. The molecule has 1 unspecified atom stereocenters. The minimum Gasteiger partial charge on any atom is -0.383 e. The van der Waals surface area contributed by atoms with Gasteiger partial charge in [0, 0.05) is 24.3 Å². The molecule has 186 valence electrons. The van der Waals surface area contributed by atoms with E-state index in [4.69, 9.17) is 10.7 Å². The minimum atomic E-state index is -4.54. The fraction of sp³-hybridized carbons (Fsp3) is 0.333. The van der Waals surface area contributed by atoms with Crippen LogP contribution in [0.4, 0.5) is 24.8 Å². The highest BCUT2D eigenvalue weighted by molar-refractivity contribution is 6.08. The average molecular weight is 496 g/mol. The van der Waals surface area contributed by atoms with Crippen LogP contribution in [0.3, 0.4) is 0 Å². The maximum Gasteiger partial charge on any atom is 0.417 e. The highest BCUT2D eigenvalue weighted by Crippen LogP contribution is 2.44. The summed E-state index contributed by atoms with van der Waals surface area (Å²) in [5.41, 5.74) is 7.24. The SMILES string of the molecule is CCCCc1nc(-c2nc(N)c3c(n2)NC(=O)C3(C)c2ccc(C(F)(F)F)cn2)cn2c(C)cnc12. The van der Waals surface area contributed by atoms with Crippen molar-refractivity contribution < 1.29 is 18.0 Å². The molecule has 1 amide bonds. The van der Waals surface area contributed by atoms with Gasteiger partial charge >= 0.3 is 6.18 Å². The van der Waals surface area contributed by atoms with E-state index in [0.29, 0.717) is 11.9 Å². The van der Waals surface area contributed by atoms with E-state index in [2.05, 4.69) is 32.2 Å². The first kappa shape index (κ1) is 23.6. The first-order chi connectivity index (χ1) is 17.0. The zero-order chi connectivity index (χ0) is 25.8. The smallest absolute Gasteiger partial charge is 0.383 e. The number of carbonyl (C=O) groups is 1. The van der Waals surface area contributed by atoms with Crippen LogP contribution in [0.5, 0.6) is 0 Å². The summed E-state index contributed by atoms with van der Waals surface area (Å²) in [6, 6.07) is 2.05. The van der Waals surface area contributed by atoms with E-state index in [0.717, 1.165) is 42.4 Å². The summed E-state index contributed by atoms with van der Waals surface area (Å²) in [6.45, 7) is 5.55. The van der Waals surface area contributed by atoms with Gasteiger partial charge in [-0.05, 0) is 38.8 Å². The van der Waals surface area contributed by atoms with Crippen molar-refractivity contribution in [3.8, 4) is 11.5 Å². The monoisotopic (exact) mass is 496 g/mol. The molecule has 0 aromatic carbocycles. The van der Waals surface area contributed by atoms with Crippen molar-refractivity contribution in [2.75, 3.05) is 11.1 Å². The Morgan fingerprint density at radius 2 is 1.92 bits per heavy atom. The molecule has 5 heterocycles. The van der Waals surface area contributed by atoms with Gasteiger partial charge in [0.1, 0.15) is 22.7 Å². The second-order valence-corrected chi connectivity index (χ2v) is 8.93. The number of imidazole rings is 1. The number of nitrogen functional groups attached to an aromatic ring is 1. The summed E-state index contributed by atoms with van der Waals surface area (Å²) in [6.07, 6.45) is 2.32. The summed E-state index contributed by atoms with van der Waals surface area (Å²) in [5.74, 6) is -0.118. The van der Waals surface area contributed by atoms with E-state index in [-0.39, 0.29) is 28.7 Å². The van der Waals surface area contributed by atoms with Crippen molar-refractivity contribution in [2.45, 2.75) is 51.6 Å². The molecule has 0 spiro atoms. The van der Waals surface area contributed by atoms with Gasteiger partial charge in [-0.3, -0.25) is 9.78 Å². The topological polar surface area (TPSA) is 124 Å². The van der Waals surface area contributed by atoms with Crippen LogP contribution in [0.15, 0.2) is 30.7 Å². The van der Waals surface area contributed by atoms with Crippen molar-refractivity contribution in [1.29, 1.82) is 0 Å². The molecular weight excluding hydrogens is 473 g/mol. The predicted molar refractivity (Wildman–Crippen MR) is 126 cm³/mol. The number of halogens is 3. The molecule has 4 aromatic heterocycles. The fourth-order valence-electron chi connectivity index (χ4n) is 4.41. The number of aromatic nitrogens is 6. The van der Waals surface area contributed by atoms with Crippen molar-refractivity contribution >= 4 is 23.2 Å². The maximum absolute atomic E-state index is 13.1. The van der Waals surface area contributed by atoms with Gasteiger partial charge in [-0.2, -0.15) is 13.2 Å². The van der Waals surface area contributed by atoms with Crippen molar-refractivity contribution in [3.63, 3.8) is 0 Å². The second kappa shape index (κ2) is 8.25. The Bertz CT molecular complexity index is 1500. The zero-order valence-electron chi connectivity index (χ0n) is 19.8. The van der Waals surface area contributed by atoms with Gasteiger partial charge in [0.15, 0.2) is 11.5 Å². The summed E-state index contributed by atoms with van der Waals surface area (Å²) in [7, 11) is 0. The number of pyridine rings is 1. The van der Waals surface area contributed by atoms with E-state index in [9.17, 15) is 18.0 Å². The summed E-state index contributed by atoms with van der Waals surface area (Å²) in [5, 5.41) is 2.70. The molecule has 0 aliphatic carbocycles. The summed E-state index contributed by atoms with van der Waals surface area (Å²) in [4.78, 5) is 35.2.